The van der Waals surface area contributed by atoms with E-state index >= 15 is 0 Å². The Balaban J connectivity index is 1.36. The van der Waals surface area contributed by atoms with Gasteiger partial charge in [-0.05, 0) is 70.4 Å². The Kier molecular flexibility index (Phi) is 4.60. The van der Waals surface area contributed by atoms with Crippen LogP contribution in [0.5, 0.6) is 11.5 Å². The molecule has 8 rings (SSSR count). The Bertz CT molecular complexity index is 2060. The first kappa shape index (κ1) is 22.2. The van der Waals surface area contributed by atoms with Crippen LogP contribution in [0.1, 0.15) is 25.0 Å². The minimum atomic E-state index is -0.149. The maximum absolute atomic E-state index is 6.32. The number of benzene rings is 6. The highest BCUT2D eigenvalue weighted by Crippen LogP contribution is 2.49. The van der Waals surface area contributed by atoms with Gasteiger partial charge in [-0.15, -0.1) is 0 Å². The molecule has 2 nitrogen and oxygen atoms in total. The third-order valence-electron chi connectivity index (χ3n) is 8.41. The summed E-state index contributed by atoms with van der Waals surface area (Å²) in [6, 6.07) is 45.9. The number of hydrogen-bond donors (Lipinski definition) is 0. The van der Waals surface area contributed by atoms with Crippen molar-refractivity contribution >= 4 is 32.6 Å². The zero-order chi connectivity index (χ0) is 26.1. The van der Waals surface area contributed by atoms with Crippen LogP contribution in [-0.2, 0) is 5.41 Å². The second-order valence-electron chi connectivity index (χ2n) is 11.1. The van der Waals surface area contributed by atoms with E-state index in [2.05, 4.69) is 140 Å². The van der Waals surface area contributed by atoms with Crippen molar-refractivity contribution in [2.75, 3.05) is 0 Å². The van der Waals surface area contributed by atoms with Crippen LogP contribution in [0.25, 0.3) is 49.4 Å². The molecule has 7 aromatic rings. The number of para-hydroxylation sites is 2. The van der Waals surface area contributed by atoms with Gasteiger partial charge < -0.3 is 9.30 Å². The Morgan fingerprint density at radius 2 is 1.15 bits per heavy atom. The van der Waals surface area contributed by atoms with E-state index in [1.807, 2.05) is 6.07 Å². The molecule has 0 saturated heterocycles. The molecule has 1 aliphatic rings. The number of nitrogens with zero attached hydrogens (tertiary/aromatic N) is 1. The summed E-state index contributed by atoms with van der Waals surface area (Å²) in [4.78, 5) is 0. The Morgan fingerprint density at radius 1 is 0.513 bits per heavy atom. The fourth-order valence-corrected chi connectivity index (χ4v) is 6.36. The van der Waals surface area contributed by atoms with Crippen LogP contribution < -0.4 is 4.74 Å². The molecule has 0 atom stereocenters. The van der Waals surface area contributed by atoms with Gasteiger partial charge in [-0.3, -0.25) is 0 Å². The van der Waals surface area contributed by atoms with Crippen LogP contribution in [0.4, 0.5) is 0 Å². The van der Waals surface area contributed by atoms with Gasteiger partial charge in [-0.2, -0.15) is 0 Å². The molecule has 0 N–H and O–H groups in total. The summed E-state index contributed by atoms with van der Waals surface area (Å²) in [6.07, 6.45) is 0. The molecular weight excluding hydrogens is 474 g/mol. The Labute approximate surface area is 227 Å². The Hall–Kier alpha value is -4.82. The summed E-state index contributed by atoms with van der Waals surface area (Å²) < 4.78 is 8.73. The molecule has 39 heavy (non-hydrogen) atoms. The topological polar surface area (TPSA) is 14.2 Å². The standard InChI is InChI=1S/C37H27NO/c1-37(2)31-14-8-9-15-35(31)39-36-19-17-26(21-32(36)37)27-16-18-29-30-20-24-10-6-7-11-25(24)22-34(30)38(33(29)23-27)28-12-4-3-5-13-28/h3-23H,1-2H3. The summed E-state index contributed by atoms with van der Waals surface area (Å²) >= 11 is 0. The quantitative estimate of drug-likeness (QED) is 0.230. The van der Waals surface area contributed by atoms with Gasteiger partial charge in [0.2, 0.25) is 0 Å². The lowest BCUT2D eigenvalue weighted by Gasteiger charge is -2.34. The molecule has 2 heteroatoms. The lowest BCUT2D eigenvalue weighted by atomic mass is 9.75. The number of hydrogen-bond acceptors (Lipinski definition) is 1. The van der Waals surface area contributed by atoms with Crippen molar-refractivity contribution in [1.29, 1.82) is 0 Å². The first-order chi connectivity index (χ1) is 19.1. The maximum Gasteiger partial charge on any atom is 0.131 e. The first-order valence-electron chi connectivity index (χ1n) is 13.5. The second-order valence-corrected chi connectivity index (χ2v) is 11.1. The van der Waals surface area contributed by atoms with Crippen molar-refractivity contribution in [3.8, 4) is 28.3 Å². The van der Waals surface area contributed by atoms with Gasteiger partial charge in [-0.1, -0.05) is 92.7 Å². The molecule has 0 amide bonds. The molecule has 0 radical (unpaired) electrons. The van der Waals surface area contributed by atoms with Crippen LogP contribution in [0, 0.1) is 0 Å². The third-order valence-corrected chi connectivity index (χ3v) is 8.41. The van der Waals surface area contributed by atoms with Gasteiger partial charge in [0.05, 0.1) is 11.0 Å². The van der Waals surface area contributed by atoms with Gasteiger partial charge in [0.25, 0.3) is 0 Å². The number of fused-ring (bicyclic) bond motifs is 6. The van der Waals surface area contributed by atoms with Crippen molar-refractivity contribution in [1.82, 2.24) is 4.57 Å². The second kappa shape index (κ2) is 8.09. The minimum Gasteiger partial charge on any atom is -0.457 e. The third kappa shape index (κ3) is 3.28. The van der Waals surface area contributed by atoms with Gasteiger partial charge in [0, 0.05) is 33.0 Å². The molecule has 0 bridgehead atoms. The molecule has 0 saturated carbocycles. The van der Waals surface area contributed by atoms with E-state index < -0.39 is 0 Å². The molecule has 6 aromatic carbocycles. The summed E-state index contributed by atoms with van der Waals surface area (Å²) in [5, 5.41) is 5.05. The number of ether oxygens (including phenoxy) is 1. The molecule has 0 unspecified atom stereocenters. The fraction of sp³-hybridized carbons (Fsp3) is 0.0811. The van der Waals surface area contributed by atoms with Crippen LogP contribution in [0.2, 0.25) is 0 Å². The molecular formula is C37H27NO. The van der Waals surface area contributed by atoms with Crippen LogP contribution in [0.3, 0.4) is 0 Å². The lowest BCUT2D eigenvalue weighted by molar-refractivity contribution is 0.418. The zero-order valence-electron chi connectivity index (χ0n) is 22.0. The lowest BCUT2D eigenvalue weighted by Crippen LogP contribution is -2.24. The molecule has 1 aliphatic heterocycles. The van der Waals surface area contributed by atoms with Crippen LogP contribution in [0.15, 0.2) is 127 Å². The summed E-state index contributed by atoms with van der Waals surface area (Å²) in [5.41, 5.74) is 8.29. The summed E-state index contributed by atoms with van der Waals surface area (Å²) in [7, 11) is 0. The monoisotopic (exact) mass is 501 g/mol. The average Bonchev–Trinajstić information content (AvgIpc) is 3.29. The van der Waals surface area contributed by atoms with Gasteiger partial charge in [0.15, 0.2) is 0 Å². The van der Waals surface area contributed by atoms with Gasteiger partial charge in [0.1, 0.15) is 11.5 Å². The maximum atomic E-state index is 6.32. The highest BCUT2D eigenvalue weighted by atomic mass is 16.5. The summed E-state index contributed by atoms with van der Waals surface area (Å²) in [6.45, 7) is 4.58. The molecule has 0 spiro atoms. The van der Waals surface area contributed by atoms with E-state index in [9.17, 15) is 0 Å². The summed E-state index contributed by atoms with van der Waals surface area (Å²) in [5.74, 6) is 1.89. The van der Waals surface area contributed by atoms with E-state index in [0.29, 0.717) is 0 Å². The average molecular weight is 502 g/mol. The van der Waals surface area contributed by atoms with Crippen molar-refractivity contribution in [2.24, 2.45) is 0 Å². The highest BCUT2D eigenvalue weighted by molar-refractivity contribution is 6.14. The smallest absolute Gasteiger partial charge is 0.131 e. The van der Waals surface area contributed by atoms with Gasteiger partial charge >= 0.3 is 0 Å². The van der Waals surface area contributed by atoms with E-state index in [-0.39, 0.29) is 5.41 Å². The molecule has 1 aromatic heterocycles. The first-order valence-corrected chi connectivity index (χ1v) is 13.5. The van der Waals surface area contributed by atoms with E-state index in [1.54, 1.807) is 0 Å². The van der Waals surface area contributed by atoms with Crippen molar-refractivity contribution in [2.45, 2.75) is 19.3 Å². The van der Waals surface area contributed by atoms with Crippen molar-refractivity contribution < 1.29 is 4.74 Å². The molecule has 186 valence electrons. The van der Waals surface area contributed by atoms with Gasteiger partial charge in [-0.25, -0.2) is 0 Å². The highest BCUT2D eigenvalue weighted by Gasteiger charge is 2.34. The predicted molar refractivity (Wildman–Crippen MR) is 162 cm³/mol. The van der Waals surface area contributed by atoms with E-state index in [4.69, 9.17) is 4.74 Å². The van der Waals surface area contributed by atoms with Crippen molar-refractivity contribution in [3.05, 3.63) is 139 Å². The molecule has 0 aliphatic carbocycles. The molecule has 2 heterocycles. The van der Waals surface area contributed by atoms with Crippen molar-refractivity contribution in [3.63, 3.8) is 0 Å². The SMILES string of the molecule is CC1(C)c2ccccc2Oc2ccc(-c3ccc4c5cc6ccccc6cc5n(-c5ccccc5)c4c3)cc21. The fourth-order valence-electron chi connectivity index (χ4n) is 6.36. The number of rotatable bonds is 2. The predicted octanol–water partition coefficient (Wildman–Crippen LogP) is 10.0. The van der Waals surface area contributed by atoms with Crippen LogP contribution >= 0.6 is 0 Å². The number of aromatic nitrogens is 1. The minimum absolute atomic E-state index is 0.149. The van der Waals surface area contributed by atoms with E-state index in [1.165, 1.54) is 60.5 Å². The Morgan fingerprint density at radius 3 is 2.00 bits per heavy atom. The van der Waals surface area contributed by atoms with E-state index in [0.717, 1.165) is 11.5 Å². The largest absolute Gasteiger partial charge is 0.457 e. The zero-order valence-corrected chi connectivity index (χ0v) is 22.0. The van der Waals surface area contributed by atoms with Crippen LogP contribution in [-0.4, -0.2) is 4.57 Å². The normalized spacial score (nSPS) is 13.8. The molecule has 0 fully saturated rings.